The Balaban J connectivity index is 0. The first-order valence-electron chi connectivity index (χ1n) is 5.41. The summed E-state index contributed by atoms with van der Waals surface area (Å²) in [5.74, 6) is 0. The average molecular weight is 379 g/mol. The van der Waals surface area contributed by atoms with Gasteiger partial charge in [0.25, 0.3) is 0 Å². The summed E-state index contributed by atoms with van der Waals surface area (Å²) in [7, 11) is -8.78. The van der Waals surface area contributed by atoms with Crippen molar-refractivity contribution < 1.29 is 129 Å². The second-order valence-electron chi connectivity index (χ2n) is 4.26. The molecule has 0 amide bonds. The Morgan fingerprint density at radius 1 is 0.750 bits per heavy atom. The predicted octanol–water partition coefficient (Wildman–Crippen LogP) is -7.61. The summed E-state index contributed by atoms with van der Waals surface area (Å²) in [4.78, 5) is 2.92. The van der Waals surface area contributed by atoms with Gasteiger partial charge in [0.2, 0.25) is 0 Å². The van der Waals surface area contributed by atoms with Crippen LogP contribution in [0.25, 0.3) is 0 Å². The third kappa shape index (κ3) is 7.72. The number of hydrogen-bond donors (Lipinski definition) is 0. The minimum absolute atomic E-state index is 0. The van der Waals surface area contributed by atoms with Crippen LogP contribution in [0.3, 0.4) is 0 Å². The minimum Gasteiger partial charge on any atom is -0.747 e. The zero-order valence-electron chi connectivity index (χ0n) is 12.1. The van der Waals surface area contributed by atoms with E-state index < -0.39 is 31.0 Å². The Hall–Kier alpha value is 3.01. The van der Waals surface area contributed by atoms with Crippen molar-refractivity contribution in [2.45, 2.75) is 24.6 Å². The molecule has 1 saturated heterocycles. The first-order chi connectivity index (χ1) is 8.03. The van der Waals surface area contributed by atoms with Crippen molar-refractivity contribution in [1.29, 1.82) is 0 Å². The molecule has 12 heteroatoms. The fourth-order valence-electron chi connectivity index (χ4n) is 1.83. The molecule has 0 aromatic carbocycles. The van der Waals surface area contributed by atoms with E-state index in [0.717, 1.165) is 0 Å². The maximum Gasteiger partial charge on any atom is 1.00 e. The Morgan fingerprint density at radius 3 is 1.10 bits per heavy atom. The molecule has 0 saturated carbocycles. The third-order valence-electron chi connectivity index (χ3n) is 3.21. The van der Waals surface area contributed by atoms with Crippen molar-refractivity contribution in [3.05, 3.63) is 0 Å². The summed E-state index contributed by atoms with van der Waals surface area (Å²) in [6.07, 6.45) is 0. The molecule has 0 spiro atoms. The maximum atomic E-state index is 10.8. The van der Waals surface area contributed by atoms with E-state index in [1.807, 2.05) is 0 Å². The van der Waals surface area contributed by atoms with Crippen LogP contribution in [0.1, 0.15) is 13.8 Å². The molecule has 0 aromatic heterocycles. The van der Waals surface area contributed by atoms with Gasteiger partial charge in [0.05, 0.1) is 10.7 Å². The summed E-state index contributed by atoms with van der Waals surface area (Å²) in [5, 5.41) is -2.28. The Kier molecular flexibility index (Phi) is 12.8. The zero-order valence-corrected chi connectivity index (χ0v) is 20.0. The molecule has 0 aliphatic carbocycles. The van der Waals surface area contributed by atoms with Crippen molar-refractivity contribution in [2.24, 2.45) is 0 Å². The van der Waals surface area contributed by atoms with E-state index in [1.54, 1.807) is 0 Å². The summed E-state index contributed by atoms with van der Waals surface area (Å²) >= 11 is 0. The molecular weight excluding hydrogens is 362 g/mol. The number of rotatable bonds is 4. The summed E-state index contributed by atoms with van der Waals surface area (Å²) in [5.41, 5.74) is 0. The minimum atomic E-state index is -4.39. The average Bonchev–Trinajstić information content (AvgIpc) is 2.25. The van der Waals surface area contributed by atoms with Gasteiger partial charge in [-0.15, -0.1) is 0 Å². The molecule has 108 valence electrons. The standard InChI is InChI=1S/C8H18N2O6S2.2K/c1-7(17(11,12)13)9-3-5-10(6-4-9)8(2)18(14,15)16;;/h7-8H,3-6H2,1-2H3,(H,11,12,13)(H,14,15,16);;/q;2*+1/p-2. The topological polar surface area (TPSA) is 121 Å². The van der Waals surface area contributed by atoms with E-state index in [1.165, 1.54) is 23.6 Å². The molecule has 1 aliphatic heterocycles. The number of nitrogens with zero attached hydrogens (tertiary/aromatic N) is 2. The van der Waals surface area contributed by atoms with Crippen LogP contribution in [0.5, 0.6) is 0 Å². The van der Waals surface area contributed by atoms with Crippen LogP contribution in [0.15, 0.2) is 0 Å². The predicted molar refractivity (Wildman–Crippen MR) is 61.5 cm³/mol. The van der Waals surface area contributed by atoms with Gasteiger partial charge >= 0.3 is 103 Å². The molecule has 0 aromatic rings. The Morgan fingerprint density at radius 2 is 0.950 bits per heavy atom. The van der Waals surface area contributed by atoms with Crippen LogP contribution in [0.4, 0.5) is 0 Å². The van der Waals surface area contributed by atoms with Crippen LogP contribution in [0.2, 0.25) is 0 Å². The van der Waals surface area contributed by atoms with Gasteiger partial charge in [-0.3, -0.25) is 9.80 Å². The maximum absolute atomic E-state index is 10.8. The molecule has 2 unspecified atom stereocenters. The third-order valence-corrected chi connectivity index (χ3v) is 5.48. The van der Waals surface area contributed by atoms with Gasteiger partial charge in [0.15, 0.2) is 0 Å². The van der Waals surface area contributed by atoms with Gasteiger partial charge in [-0.25, -0.2) is 16.8 Å². The van der Waals surface area contributed by atoms with E-state index in [0.29, 0.717) is 0 Å². The van der Waals surface area contributed by atoms with E-state index in [9.17, 15) is 25.9 Å². The molecule has 0 N–H and O–H groups in total. The molecule has 20 heavy (non-hydrogen) atoms. The smallest absolute Gasteiger partial charge is 0.747 e. The molecule has 0 radical (unpaired) electrons. The first-order valence-corrected chi connectivity index (χ1v) is 8.35. The molecule has 1 fully saturated rings. The van der Waals surface area contributed by atoms with Gasteiger partial charge < -0.3 is 9.11 Å². The summed E-state index contributed by atoms with van der Waals surface area (Å²) in [6, 6.07) is 0. The van der Waals surface area contributed by atoms with Crippen molar-refractivity contribution in [3.63, 3.8) is 0 Å². The number of piperazine rings is 1. The van der Waals surface area contributed by atoms with Crippen LogP contribution in [-0.2, 0) is 20.2 Å². The normalized spacial score (nSPS) is 21.4. The zero-order chi connectivity index (χ0) is 14.1. The Bertz CT molecular complexity index is 443. The van der Waals surface area contributed by atoms with Gasteiger partial charge in [-0.2, -0.15) is 0 Å². The second kappa shape index (κ2) is 10.1. The monoisotopic (exact) mass is 378 g/mol. The van der Waals surface area contributed by atoms with Gasteiger partial charge in [0, 0.05) is 26.2 Å². The first kappa shape index (κ1) is 25.3. The fourth-order valence-corrected chi connectivity index (χ4v) is 2.98. The van der Waals surface area contributed by atoms with Crippen molar-refractivity contribution >= 4 is 20.2 Å². The van der Waals surface area contributed by atoms with Crippen LogP contribution < -0.4 is 103 Å². The molecule has 0 bridgehead atoms. The quantitative estimate of drug-likeness (QED) is 0.349. The van der Waals surface area contributed by atoms with E-state index >= 15 is 0 Å². The van der Waals surface area contributed by atoms with E-state index in [2.05, 4.69) is 0 Å². The van der Waals surface area contributed by atoms with Gasteiger partial charge in [0.1, 0.15) is 20.2 Å². The Labute approximate surface area is 205 Å². The largest absolute Gasteiger partial charge is 1.00 e. The van der Waals surface area contributed by atoms with Gasteiger partial charge in [-0.05, 0) is 13.8 Å². The van der Waals surface area contributed by atoms with Crippen LogP contribution in [0, 0.1) is 0 Å². The van der Waals surface area contributed by atoms with E-state index in [4.69, 9.17) is 0 Å². The SMILES string of the molecule is CC(N1CCN(C(C)S(=O)(=O)[O-])CC1)S(=O)(=O)[O-].[K+].[K+]. The fraction of sp³-hybridized carbons (Fsp3) is 1.00. The molecule has 1 aliphatic rings. The van der Waals surface area contributed by atoms with Crippen LogP contribution in [-0.4, -0.2) is 72.7 Å². The summed E-state index contributed by atoms with van der Waals surface area (Å²) < 4.78 is 65.1. The van der Waals surface area contributed by atoms with Gasteiger partial charge in [-0.1, -0.05) is 0 Å². The second-order valence-corrected chi connectivity index (χ2v) is 7.59. The summed E-state index contributed by atoms with van der Waals surface area (Å²) in [6.45, 7) is 3.55. The van der Waals surface area contributed by atoms with Crippen LogP contribution >= 0.6 is 0 Å². The van der Waals surface area contributed by atoms with Crippen molar-refractivity contribution in [2.75, 3.05) is 26.2 Å². The van der Waals surface area contributed by atoms with Crippen molar-refractivity contribution in [1.82, 2.24) is 9.80 Å². The van der Waals surface area contributed by atoms with E-state index in [-0.39, 0.29) is 129 Å². The molecule has 1 heterocycles. The molecule has 1 rings (SSSR count). The molecule has 8 nitrogen and oxygen atoms in total. The molecular formula is C8H16K2N2O6S2. The van der Waals surface area contributed by atoms with Crippen molar-refractivity contribution in [3.8, 4) is 0 Å². The molecule has 2 atom stereocenters. The number of hydrogen-bond acceptors (Lipinski definition) is 8.